The van der Waals surface area contributed by atoms with Crippen LogP contribution in [0.1, 0.15) is 85.1 Å². The van der Waals surface area contributed by atoms with Crippen LogP contribution >= 0.6 is 0 Å². The number of esters is 2. The predicted octanol–water partition coefficient (Wildman–Crippen LogP) is 8.33. The standard InChI is InChI=1S/C31H39FO2.C4H8O2/c1-4-6-21-10-13-27-24(16-21)18-29-30(20(3)34-31(29)33)28(27)14-11-22-9-12-26(19(2)15-22)23-7-5-8-25(32)17-23;1-3-6-4(2)5/h5,7-9,11-12,14,17,19-21,24,27-30H,4,6,10,13,15-16,18H2,1-3H3;3H2,1-2H3/b14-11+;/t19?,20-,21-,24-,27-,28-,29+,30-;/m0./s1. The van der Waals surface area contributed by atoms with Crippen molar-refractivity contribution in [3.63, 3.8) is 0 Å². The molecule has 40 heavy (non-hydrogen) atoms. The second-order valence-electron chi connectivity index (χ2n) is 12.3. The lowest BCUT2D eigenvalue weighted by Gasteiger charge is -2.47. The van der Waals surface area contributed by atoms with Crippen LogP contribution in [0.3, 0.4) is 0 Å². The Hall–Kier alpha value is -2.69. The Morgan fingerprint density at radius 1 is 1.15 bits per heavy atom. The number of carbonyl (C=O) groups is 2. The molecule has 1 heterocycles. The van der Waals surface area contributed by atoms with Crippen LogP contribution < -0.4 is 0 Å². The van der Waals surface area contributed by atoms with Gasteiger partial charge in [0.25, 0.3) is 0 Å². The highest BCUT2D eigenvalue weighted by molar-refractivity contribution is 5.75. The van der Waals surface area contributed by atoms with Crippen molar-refractivity contribution in [2.45, 2.75) is 85.7 Å². The van der Waals surface area contributed by atoms with Crippen LogP contribution in [0.25, 0.3) is 5.57 Å². The molecule has 0 bridgehead atoms. The summed E-state index contributed by atoms with van der Waals surface area (Å²) >= 11 is 0. The molecule has 1 aromatic carbocycles. The highest BCUT2D eigenvalue weighted by Gasteiger charge is 2.54. The van der Waals surface area contributed by atoms with Gasteiger partial charge in [-0.25, -0.2) is 4.39 Å². The first-order valence-corrected chi connectivity index (χ1v) is 15.4. The Bertz CT molecular complexity index is 1130. The van der Waals surface area contributed by atoms with Crippen molar-refractivity contribution in [3.8, 4) is 0 Å². The highest BCUT2D eigenvalue weighted by Crippen LogP contribution is 2.55. The fourth-order valence-electron chi connectivity index (χ4n) is 7.89. The summed E-state index contributed by atoms with van der Waals surface area (Å²) in [5, 5.41) is 0. The fourth-order valence-corrected chi connectivity index (χ4v) is 7.89. The van der Waals surface area contributed by atoms with Crippen molar-refractivity contribution in [1.82, 2.24) is 0 Å². The molecule has 1 aliphatic heterocycles. The van der Waals surface area contributed by atoms with Crippen LogP contribution in [-0.4, -0.2) is 24.6 Å². The zero-order valence-electron chi connectivity index (χ0n) is 24.9. The molecule has 1 unspecified atom stereocenters. The van der Waals surface area contributed by atoms with Gasteiger partial charge < -0.3 is 9.47 Å². The van der Waals surface area contributed by atoms with Crippen molar-refractivity contribution in [1.29, 1.82) is 0 Å². The van der Waals surface area contributed by atoms with E-state index in [-0.39, 0.29) is 29.8 Å². The molecule has 1 saturated heterocycles. The molecule has 0 radical (unpaired) electrons. The molecular weight excluding hydrogens is 503 g/mol. The number of carbonyl (C=O) groups excluding carboxylic acids is 2. The minimum absolute atomic E-state index is 0.0141. The van der Waals surface area contributed by atoms with Gasteiger partial charge in [0, 0.05) is 12.8 Å². The Balaban J connectivity index is 0.000000557. The number of ether oxygens (including phenoxy) is 2. The summed E-state index contributed by atoms with van der Waals surface area (Å²) < 4.78 is 23.9. The van der Waals surface area contributed by atoms with E-state index in [2.05, 4.69) is 49.8 Å². The van der Waals surface area contributed by atoms with E-state index in [1.807, 2.05) is 6.07 Å². The third-order valence-electron chi connectivity index (χ3n) is 9.54. The lowest BCUT2D eigenvalue weighted by atomic mass is 9.56. The number of benzene rings is 1. The molecule has 0 spiro atoms. The number of hydrogen-bond acceptors (Lipinski definition) is 4. The molecule has 0 N–H and O–H groups in total. The van der Waals surface area contributed by atoms with Crippen LogP contribution in [-0.2, 0) is 19.1 Å². The van der Waals surface area contributed by atoms with Crippen LogP contribution in [0.4, 0.5) is 4.39 Å². The summed E-state index contributed by atoms with van der Waals surface area (Å²) in [4.78, 5) is 22.5. The minimum Gasteiger partial charge on any atom is -0.466 e. The highest BCUT2D eigenvalue weighted by atomic mass is 19.1. The van der Waals surface area contributed by atoms with E-state index in [9.17, 15) is 14.0 Å². The van der Waals surface area contributed by atoms with Gasteiger partial charge in [0.1, 0.15) is 11.9 Å². The molecule has 0 amide bonds. The SMILES string of the molecule is CCC[C@H]1CC[C@H]2[C@@H](C1)C[C@H]1C(=O)O[C@@H](C)[C@H]1[C@H]2/C=C/C1=CC=C(c2cccc(F)c2)C(C)C1.CCOC(C)=O. The largest absolute Gasteiger partial charge is 0.466 e. The Morgan fingerprint density at radius 3 is 2.60 bits per heavy atom. The lowest BCUT2D eigenvalue weighted by Crippen LogP contribution is -2.44. The van der Waals surface area contributed by atoms with Gasteiger partial charge in [0.05, 0.1) is 12.5 Å². The second kappa shape index (κ2) is 13.8. The predicted molar refractivity (Wildman–Crippen MR) is 158 cm³/mol. The molecule has 5 heteroatoms. The average molecular weight is 551 g/mol. The second-order valence-corrected chi connectivity index (χ2v) is 12.3. The molecular formula is C35H47FO4. The van der Waals surface area contributed by atoms with Gasteiger partial charge in [-0.15, -0.1) is 0 Å². The molecule has 4 nitrogen and oxygen atoms in total. The van der Waals surface area contributed by atoms with Crippen LogP contribution in [0.15, 0.2) is 54.1 Å². The van der Waals surface area contributed by atoms with Gasteiger partial charge in [-0.2, -0.15) is 0 Å². The van der Waals surface area contributed by atoms with E-state index in [0.29, 0.717) is 36.2 Å². The minimum atomic E-state index is -0.211. The maximum Gasteiger partial charge on any atom is 0.309 e. The molecule has 2 saturated carbocycles. The molecule has 3 aliphatic carbocycles. The summed E-state index contributed by atoms with van der Waals surface area (Å²) in [6, 6.07) is 6.91. The maximum absolute atomic E-state index is 13.7. The van der Waals surface area contributed by atoms with Crippen molar-refractivity contribution >= 4 is 17.5 Å². The van der Waals surface area contributed by atoms with Gasteiger partial charge in [-0.1, -0.05) is 69.5 Å². The topological polar surface area (TPSA) is 52.6 Å². The number of allylic oxidation sites excluding steroid dienone is 6. The van der Waals surface area contributed by atoms with Gasteiger partial charge in [0.2, 0.25) is 0 Å². The Morgan fingerprint density at radius 2 is 1.95 bits per heavy atom. The molecule has 8 atom stereocenters. The van der Waals surface area contributed by atoms with Gasteiger partial charge >= 0.3 is 11.9 Å². The summed E-state index contributed by atoms with van der Waals surface area (Å²) in [5.41, 5.74) is 3.50. The smallest absolute Gasteiger partial charge is 0.309 e. The zero-order chi connectivity index (χ0) is 28.8. The van der Waals surface area contributed by atoms with E-state index in [0.717, 1.165) is 24.3 Å². The van der Waals surface area contributed by atoms with E-state index in [4.69, 9.17) is 4.74 Å². The van der Waals surface area contributed by atoms with Crippen molar-refractivity contribution < 1.29 is 23.5 Å². The van der Waals surface area contributed by atoms with E-state index >= 15 is 0 Å². The normalized spacial score (nSPS) is 33.1. The summed E-state index contributed by atoms with van der Waals surface area (Å²) in [6.45, 7) is 10.3. The van der Waals surface area contributed by atoms with Crippen LogP contribution in [0.2, 0.25) is 0 Å². The number of halogens is 1. The van der Waals surface area contributed by atoms with Crippen molar-refractivity contribution in [2.24, 2.45) is 41.4 Å². The van der Waals surface area contributed by atoms with Gasteiger partial charge in [-0.05, 0) is 98.0 Å². The van der Waals surface area contributed by atoms with Crippen molar-refractivity contribution in [3.05, 3.63) is 65.5 Å². The van der Waals surface area contributed by atoms with Gasteiger partial charge in [0.15, 0.2) is 0 Å². The number of cyclic esters (lactones) is 1. The first-order chi connectivity index (χ1) is 19.2. The average Bonchev–Trinajstić information content (AvgIpc) is 3.19. The van der Waals surface area contributed by atoms with E-state index < -0.39 is 0 Å². The maximum atomic E-state index is 13.7. The summed E-state index contributed by atoms with van der Waals surface area (Å²) in [5.74, 6) is 2.94. The summed E-state index contributed by atoms with van der Waals surface area (Å²) in [7, 11) is 0. The summed E-state index contributed by atoms with van der Waals surface area (Å²) in [6.07, 6.45) is 17.6. The lowest BCUT2D eigenvalue weighted by molar-refractivity contribution is -0.144. The third kappa shape index (κ3) is 7.14. The monoisotopic (exact) mass is 550 g/mol. The van der Waals surface area contributed by atoms with Gasteiger partial charge in [-0.3, -0.25) is 9.59 Å². The van der Waals surface area contributed by atoms with Crippen molar-refractivity contribution in [2.75, 3.05) is 6.61 Å². The van der Waals surface area contributed by atoms with E-state index in [1.54, 1.807) is 19.1 Å². The molecule has 1 aromatic rings. The molecule has 0 aromatic heterocycles. The molecule has 218 valence electrons. The fraction of sp³-hybridized carbons (Fsp3) is 0.600. The van der Waals surface area contributed by atoms with Crippen LogP contribution in [0.5, 0.6) is 0 Å². The first-order valence-electron chi connectivity index (χ1n) is 15.4. The Labute approximate surface area is 240 Å². The van der Waals surface area contributed by atoms with E-state index in [1.165, 1.54) is 56.2 Å². The third-order valence-corrected chi connectivity index (χ3v) is 9.54. The molecule has 4 aliphatic rings. The van der Waals surface area contributed by atoms with Crippen LogP contribution in [0, 0.1) is 47.2 Å². The first kappa shape index (κ1) is 30.3. The Kier molecular flexibility index (Phi) is 10.4. The number of hydrogen-bond donors (Lipinski definition) is 0. The number of rotatable bonds is 6. The molecule has 3 fully saturated rings. The molecule has 5 rings (SSSR count). The number of fused-ring (bicyclic) bond motifs is 2. The quantitative estimate of drug-likeness (QED) is 0.334. The zero-order valence-corrected chi connectivity index (χ0v) is 24.9.